The van der Waals surface area contributed by atoms with Crippen molar-refractivity contribution in [2.24, 2.45) is 12.0 Å². The summed E-state index contributed by atoms with van der Waals surface area (Å²) in [7, 11) is 1.96. The van der Waals surface area contributed by atoms with Crippen molar-refractivity contribution in [2.45, 2.75) is 0 Å². The minimum Gasteiger partial charge on any atom is -0.350 e. The van der Waals surface area contributed by atoms with Crippen molar-refractivity contribution in [3.8, 4) is 0 Å². The minimum absolute atomic E-state index is 0.0438. The highest BCUT2D eigenvalue weighted by Crippen LogP contribution is 2.31. The van der Waals surface area contributed by atoms with Gasteiger partial charge in [-0.1, -0.05) is 24.3 Å². The van der Waals surface area contributed by atoms with Gasteiger partial charge in [0.25, 0.3) is 11.6 Å². The Bertz CT molecular complexity index is 1150. The molecule has 1 fully saturated rings. The Morgan fingerprint density at radius 2 is 2.04 bits per heavy atom. The van der Waals surface area contributed by atoms with E-state index in [4.69, 9.17) is 0 Å². The molecule has 0 atom stereocenters. The summed E-state index contributed by atoms with van der Waals surface area (Å²) in [6, 6.07) is 13.9. The molecule has 134 valence electrons. The van der Waals surface area contributed by atoms with Crippen LogP contribution in [0.5, 0.6) is 0 Å². The molecule has 1 aliphatic heterocycles. The zero-order valence-electron chi connectivity index (χ0n) is 14.2. The quantitative estimate of drug-likeness (QED) is 0.424. The number of fused-ring (bicyclic) bond motifs is 1. The number of carbonyl (C=O) groups excluding carboxylic acids is 1. The van der Waals surface area contributed by atoms with E-state index in [2.05, 4.69) is 10.3 Å². The molecule has 0 bridgehead atoms. The van der Waals surface area contributed by atoms with Crippen LogP contribution in [0, 0.1) is 10.1 Å². The third-order valence-corrected chi connectivity index (χ3v) is 5.05. The first-order valence-corrected chi connectivity index (χ1v) is 8.91. The number of thioether (sulfide) groups is 1. The molecule has 27 heavy (non-hydrogen) atoms. The topological polar surface area (TPSA) is 89.5 Å². The fourth-order valence-electron chi connectivity index (χ4n) is 2.90. The van der Waals surface area contributed by atoms with Gasteiger partial charge in [0.1, 0.15) is 0 Å². The molecule has 0 saturated carbocycles. The molecule has 3 aromatic rings. The summed E-state index contributed by atoms with van der Waals surface area (Å²) in [6.45, 7) is 0. The molecule has 2 heterocycles. The predicted octanol–water partition coefficient (Wildman–Crippen LogP) is 3.98. The molecule has 1 saturated heterocycles. The summed E-state index contributed by atoms with van der Waals surface area (Å²) < 4.78 is 2.01. The fraction of sp³-hybridized carbons (Fsp3) is 0.0526. The number of amides is 1. The summed E-state index contributed by atoms with van der Waals surface area (Å²) in [5.74, 6) is -0.239. The number of non-ortho nitro benzene ring substituents is 1. The van der Waals surface area contributed by atoms with E-state index in [0.717, 1.165) is 16.5 Å². The van der Waals surface area contributed by atoms with Crippen molar-refractivity contribution in [3.05, 3.63) is 75.3 Å². The average Bonchev–Trinajstić information content (AvgIpc) is 3.15. The Morgan fingerprint density at radius 3 is 2.85 bits per heavy atom. The van der Waals surface area contributed by atoms with E-state index in [1.165, 1.54) is 23.9 Å². The lowest BCUT2D eigenvalue weighted by Gasteiger charge is -1.96. The van der Waals surface area contributed by atoms with Gasteiger partial charge in [0.15, 0.2) is 5.17 Å². The first-order chi connectivity index (χ1) is 13.0. The Labute approximate surface area is 158 Å². The van der Waals surface area contributed by atoms with Gasteiger partial charge in [-0.2, -0.15) is 0 Å². The zero-order chi connectivity index (χ0) is 19.0. The number of aromatic nitrogens is 1. The Hall–Kier alpha value is -3.39. The summed E-state index contributed by atoms with van der Waals surface area (Å²) >= 11 is 1.21. The number of nitrogens with zero attached hydrogens (tertiary/aromatic N) is 3. The molecule has 0 unspecified atom stereocenters. The number of aliphatic imine (C=N–C) groups is 1. The number of nitro benzene ring substituents is 1. The van der Waals surface area contributed by atoms with Gasteiger partial charge >= 0.3 is 0 Å². The molecule has 0 radical (unpaired) electrons. The molecule has 0 aliphatic carbocycles. The lowest BCUT2D eigenvalue weighted by Crippen LogP contribution is -2.19. The van der Waals surface area contributed by atoms with Gasteiger partial charge in [0.2, 0.25) is 0 Å². The maximum absolute atomic E-state index is 12.3. The number of amidine groups is 1. The van der Waals surface area contributed by atoms with Crippen LogP contribution < -0.4 is 5.32 Å². The summed E-state index contributed by atoms with van der Waals surface area (Å²) in [5, 5.41) is 15.0. The Kier molecular flexibility index (Phi) is 4.25. The van der Waals surface area contributed by atoms with Crippen molar-refractivity contribution >= 4 is 51.2 Å². The number of para-hydroxylation sites is 1. The third-order valence-electron chi connectivity index (χ3n) is 4.14. The summed E-state index contributed by atoms with van der Waals surface area (Å²) in [6.07, 6.45) is 3.81. The van der Waals surface area contributed by atoms with Gasteiger partial charge in [-0.05, 0) is 30.0 Å². The second-order valence-corrected chi connectivity index (χ2v) is 7.00. The van der Waals surface area contributed by atoms with Crippen LogP contribution in [0.1, 0.15) is 5.56 Å². The van der Waals surface area contributed by atoms with E-state index in [-0.39, 0.29) is 11.6 Å². The predicted molar refractivity (Wildman–Crippen MR) is 107 cm³/mol. The Balaban J connectivity index is 1.65. The summed E-state index contributed by atoms with van der Waals surface area (Å²) in [4.78, 5) is 27.5. The van der Waals surface area contributed by atoms with Crippen molar-refractivity contribution in [1.29, 1.82) is 0 Å². The largest absolute Gasteiger partial charge is 0.350 e. The van der Waals surface area contributed by atoms with Crippen molar-refractivity contribution in [1.82, 2.24) is 9.88 Å². The summed E-state index contributed by atoms with van der Waals surface area (Å²) in [5.41, 5.74) is 2.40. The van der Waals surface area contributed by atoms with E-state index < -0.39 is 4.92 Å². The zero-order valence-corrected chi connectivity index (χ0v) is 15.1. The van der Waals surface area contributed by atoms with Gasteiger partial charge in [-0.15, -0.1) is 0 Å². The SMILES string of the molecule is Cn1cc(/C=C2\SC(=Nc3cccc([N+](=O)[O-])c3)NC2=O)c2ccccc21. The maximum Gasteiger partial charge on any atom is 0.271 e. The van der Waals surface area contributed by atoms with Gasteiger partial charge in [-0.3, -0.25) is 14.9 Å². The molecule has 1 N–H and O–H groups in total. The van der Waals surface area contributed by atoms with E-state index in [0.29, 0.717) is 15.8 Å². The van der Waals surface area contributed by atoms with Crippen molar-refractivity contribution in [2.75, 3.05) is 0 Å². The molecule has 1 amide bonds. The van der Waals surface area contributed by atoms with Crippen LogP contribution in [-0.4, -0.2) is 20.6 Å². The molecule has 1 aromatic heterocycles. The third kappa shape index (κ3) is 3.34. The molecule has 0 spiro atoms. The molecular formula is C19H14N4O3S. The lowest BCUT2D eigenvalue weighted by atomic mass is 10.1. The average molecular weight is 378 g/mol. The monoisotopic (exact) mass is 378 g/mol. The lowest BCUT2D eigenvalue weighted by molar-refractivity contribution is -0.384. The highest BCUT2D eigenvalue weighted by atomic mass is 32.2. The van der Waals surface area contributed by atoms with Gasteiger partial charge in [0, 0.05) is 41.8 Å². The van der Waals surface area contributed by atoms with Crippen LogP contribution >= 0.6 is 11.8 Å². The number of aryl methyl sites for hydroxylation is 1. The molecule has 8 heteroatoms. The molecule has 4 rings (SSSR count). The molecular weight excluding hydrogens is 364 g/mol. The van der Waals surface area contributed by atoms with Gasteiger partial charge < -0.3 is 9.88 Å². The molecule has 7 nitrogen and oxygen atoms in total. The van der Waals surface area contributed by atoms with Crippen LogP contribution in [0.4, 0.5) is 11.4 Å². The normalized spacial score (nSPS) is 17.0. The standard InChI is InChI=1S/C19H14N4O3S/c1-22-11-12(15-7-2-3-8-16(15)22)9-17-18(24)21-19(27-17)20-13-5-4-6-14(10-13)23(25)26/h2-11H,1H3,(H,20,21,24)/b17-9-. The number of benzene rings is 2. The van der Waals surface area contributed by atoms with E-state index in [1.807, 2.05) is 48.2 Å². The number of nitrogens with one attached hydrogen (secondary N) is 1. The van der Waals surface area contributed by atoms with Gasteiger partial charge in [0.05, 0.1) is 15.5 Å². The van der Waals surface area contributed by atoms with Crippen LogP contribution in [0.2, 0.25) is 0 Å². The van der Waals surface area contributed by atoms with Crippen LogP contribution in [-0.2, 0) is 11.8 Å². The van der Waals surface area contributed by atoms with Crippen LogP contribution in [0.15, 0.2) is 64.6 Å². The van der Waals surface area contributed by atoms with Crippen LogP contribution in [0.25, 0.3) is 17.0 Å². The Morgan fingerprint density at radius 1 is 1.22 bits per heavy atom. The maximum atomic E-state index is 12.3. The second-order valence-electron chi connectivity index (χ2n) is 5.97. The number of carbonyl (C=O) groups is 1. The number of rotatable bonds is 3. The van der Waals surface area contributed by atoms with E-state index in [1.54, 1.807) is 12.1 Å². The smallest absolute Gasteiger partial charge is 0.271 e. The number of hydrogen-bond donors (Lipinski definition) is 1. The number of hydrogen-bond acceptors (Lipinski definition) is 5. The second kappa shape index (κ2) is 6.73. The van der Waals surface area contributed by atoms with Crippen LogP contribution in [0.3, 0.4) is 0 Å². The van der Waals surface area contributed by atoms with E-state index >= 15 is 0 Å². The highest BCUT2D eigenvalue weighted by molar-refractivity contribution is 8.18. The number of nitro groups is 1. The molecule has 2 aromatic carbocycles. The highest BCUT2D eigenvalue weighted by Gasteiger charge is 2.24. The minimum atomic E-state index is -0.476. The van der Waals surface area contributed by atoms with E-state index in [9.17, 15) is 14.9 Å². The first-order valence-electron chi connectivity index (χ1n) is 8.09. The van der Waals surface area contributed by atoms with Crippen molar-refractivity contribution < 1.29 is 9.72 Å². The fourth-order valence-corrected chi connectivity index (χ4v) is 3.74. The van der Waals surface area contributed by atoms with Gasteiger partial charge in [-0.25, -0.2) is 4.99 Å². The molecule has 1 aliphatic rings. The first kappa shape index (κ1) is 17.0. The van der Waals surface area contributed by atoms with Crippen molar-refractivity contribution in [3.63, 3.8) is 0 Å².